The maximum Gasteiger partial charge on any atom is 0.148 e. The third-order valence-electron chi connectivity index (χ3n) is 1.76. The van der Waals surface area contributed by atoms with Crippen LogP contribution in [0.4, 0.5) is 0 Å². The Morgan fingerprint density at radius 3 is 2.23 bits per heavy atom. The highest BCUT2D eigenvalue weighted by atomic mass is 32.2. The summed E-state index contributed by atoms with van der Waals surface area (Å²) in [5.41, 5.74) is 5.41. The standard InChI is InChI=1S/C8H20N2O2S/c1-3-5-10(6-4-9)7-8-13(2,11)12/h3-9H2,1-2H3. The van der Waals surface area contributed by atoms with Gasteiger partial charge in [-0.1, -0.05) is 6.92 Å². The molecular weight excluding hydrogens is 188 g/mol. The van der Waals surface area contributed by atoms with Crippen molar-refractivity contribution in [1.82, 2.24) is 4.90 Å². The van der Waals surface area contributed by atoms with Gasteiger partial charge in [0.2, 0.25) is 0 Å². The molecule has 5 heteroatoms. The molecule has 0 aromatic rings. The molecule has 4 nitrogen and oxygen atoms in total. The van der Waals surface area contributed by atoms with Crippen molar-refractivity contribution in [2.45, 2.75) is 13.3 Å². The lowest BCUT2D eigenvalue weighted by molar-refractivity contribution is 0.298. The smallest absolute Gasteiger partial charge is 0.148 e. The van der Waals surface area contributed by atoms with E-state index in [9.17, 15) is 8.42 Å². The van der Waals surface area contributed by atoms with Gasteiger partial charge in [-0.05, 0) is 13.0 Å². The van der Waals surface area contributed by atoms with E-state index in [2.05, 4.69) is 11.8 Å². The van der Waals surface area contributed by atoms with Crippen molar-refractivity contribution in [3.63, 3.8) is 0 Å². The van der Waals surface area contributed by atoms with E-state index in [4.69, 9.17) is 5.73 Å². The summed E-state index contributed by atoms with van der Waals surface area (Å²) >= 11 is 0. The quantitative estimate of drug-likeness (QED) is 0.624. The van der Waals surface area contributed by atoms with Gasteiger partial charge in [-0.25, -0.2) is 8.42 Å². The molecule has 0 amide bonds. The van der Waals surface area contributed by atoms with Crippen molar-refractivity contribution in [2.75, 3.05) is 38.2 Å². The molecule has 0 aliphatic carbocycles. The van der Waals surface area contributed by atoms with Crippen LogP contribution < -0.4 is 5.73 Å². The summed E-state index contributed by atoms with van der Waals surface area (Å²) in [4.78, 5) is 2.08. The number of rotatable bonds is 7. The van der Waals surface area contributed by atoms with Crippen molar-refractivity contribution in [1.29, 1.82) is 0 Å². The first-order valence-electron chi connectivity index (χ1n) is 4.59. The van der Waals surface area contributed by atoms with E-state index < -0.39 is 9.84 Å². The van der Waals surface area contributed by atoms with Crippen molar-refractivity contribution in [3.8, 4) is 0 Å². The van der Waals surface area contributed by atoms with Crippen LogP contribution in [0.25, 0.3) is 0 Å². The van der Waals surface area contributed by atoms with Crippen LogP contribution in [0.1, 0.15) is 13.3 Å². The summed E-state index contributed by atoms with van der Waals surface area (Å²) in [6.07, 6.45) is 2.29. The molecule has 80 valence electrons. The first kappa shape index (κ1) is 12.9. The van der Waals surface area contributed by atoms with Crippen molar-refractivity contribution in [2.24, 2.45) is 5.73 Å². The molecule has 0 aliphatic heterocycles. The van der Waals surface area contributed by atoms with Gasteiger partial charge < -0.3 is 10.6 Å². The predicted molar refractivity (Wildman–Crippen MR) is 55.5 cm³/mol. The number of hydrogen-bond acceptors (Lipinski definition) is 4. The number of nitrogens with two attached hydrogens (primary N) is 1. The second-order valence-electron chi connectivity index (χ2n) is 3.26. The average Bonchev–Trinajstić information content (AvgIpc) is 2.00. The normalized spacial score (nSPS) is 12.3. The number of hydrogen-bond donors (Lipinski definition) is 1. The van der Waals surface area contributed by atoms with Gasteiger partial charge in [-0.2, -0.15) is 0 Å². The fraction of sp³-hybridized carbons (Fsp3) is 1.00. The molecule has 13 heavy (non-hydrogen) atoms. The number of sulfone groups is 1. The lowest BCUT2D eigenvalue weighted by Crippen LogP contribution is -2.34. The van der Waals surface area contributed by atoms with Crippen molar-refractivity contribution in [3.05, 3.63) is 0 Å². The summed E-state index contributed by atoms with van der Waals surface area (Å²) in [6, 6.07) is 0. The molecule has 0 radical (unpaired) electrons. The molecule has 0 bridgehead atoms. The summed E-state index contributed by atoms with van der Waals surface area (Å²) in [6.45, 7) is 4.97. The summed E-state index contributed by atoms with van der Waals surface area (Å²) in [5, 5.41) is 0. The van der Waals surface area contributed by atoms with Gasteiger partial charge in [-0.3, -0.25) is 0 Å². The van der Waals surface area contributed by atoms with Crippen LogP contribution in [0, 0.1) is 0 Å². The maximum absolute atomic E-state index is 10.9. The molecule has 0 saturated heterocycles. The average molecular weight is 208 g/mol. The third-order valence-corrected chi connectivity index (χ3v) is 2.69. The van der Waals surface area contributed by atoms with Crippen LogP contribution in [-0.2, 0) is 9.84 Å². The molecule has 0 heterocycles. The van der Waals surface area contributed by atoms with Gasteiger partial charge in [-0.15, -0.1) is 0 Å². The molecule has 0 spiro atoms. The third kappa shape index (κ3) is 8.21. The molecule has 0 aromatic carbocycles. The Kier molecular flexibility index (Phi) is 6.28. The topological polar surface area (TPSA) is 63.4 Å². The lowest BCUT2D eigenvalue weighted by atomic mass is 10.4. The molecule has 0 saturated carbocycles. The highest BCUT2D eigenvalue weighted by molar-refractivity contribution is 7.90. The molecule has 0 rings (SSSR count). The lowest BCUT2D eigenvalue weighted by Gasteiger charge is -2.19. The van der Waals surface area contributed by atoms with Crippen LogP contribution in [0.3, 0.4) is 0 Å². The van der Waals surface area contributed by atoms with Gasteiger partial charge in [0.25, 0.3) is 0 Å². The Morgan fingerprint density at radius 1 is 1.23 bits per heavy atom. The van der Waals surface area contributed by atoms with E-state index in [1.54, 1.807) is 0 Å². The van der Waals surface area contributed by atoms with Gasteiger partial charge in [0.05, 0.1) is 5.75 Å². The van der Waals surface area contributed by atoms with E-state index in [0.29, 0.717) is 13.1 Å². The predicted octanol–water partition coefficient (Wildman–Crippen LogP) is -0.298. The Morgan fingerprint density at radius 2 is 1.85 bits per heavy atom. The molecule has 0 fully saturated rings. The zero-order valence-corrected chi connectivity index (χ0v) is 9.31. The monoisotopic (exact) mass is 208 g/mol. The Labute approximate surface area is 81.0 Å². The summed E-state index contributed by atoms with van der Waals surface area (Å²) in [7, 11) is -2.84. The van der Waals surface area contributed by atoms with E-state index in [-0.39, 0.29) is 5.75 Å². The second kappa shape index (κ2) is 6.34. The van der Waals surface area contributed by atoms with E-state index in [1.165, 1.54) is 6.26 Å². The fourth-order valence-corrected chi connectivity index (χ4v) is 1.72. The van der Waals surface area contributed by atoms with Crippen LogP contribution >= 0.6 is 0 Å². The molecule has 0 unspecified atom stereocenters. The fourth-order valence-electron chi connectivity index (χ4n) is 1.13. The van der Waals surface area contributed by atoms with Crippen molar-refractivity contribution < 1.29 is 8.42 Å². The maximum atomic E-state index is 10.9. The van der Waals surface area contributed by atoms with Gasteiger partial charge in [0.1, 0.15) is 9.84 Å². The zero-order valence-electron chi connectivity index (χ0n) is 8.49. The van der Waals surface area contributed by atoms with Crippen LogP contribution in [-0.4, -0.2) is 51.5 Å². The van der Waals surface area contributed by atoms with E-state index in [0.717, 1.165) is 19.5 Å². The molecule has 0 atom stereocenters. The highest BCUT2D eigenvalue weighted by Gasteiger charge is 2.07. The highest BCUT2D eigenvalue weighted by Crippen LogP contribution is 1.92. The van der Waals surface area contributed by atoms with Crippen LogP contribution in [0.2, 0.25) is 0 Å². The zero-order chi connectivity index (χ0) is 10.3. The Bertz CT molecular complexity index is 208. The molecule has 0 aromatic heterocycles. The van der Waals surface area contributed by atoms with E-state index >= 15 is 0 Å². The minimum absolute atomic E-state index is 0.229. The van der Waals surface area contributed by atoms with Crippen LogP contribution in [0.5, 0.6) is 0 Å². The van der Waals surface area contributed by atoms with Crippen LogP contribution in [0.15, 0.2) is 0 Å². The Balaban J connectivity index is 3.81. The SMILES string of the molecule is CCCN(CCN)CCS(C)(=O)=O. The Hall–Kier alpha value is -0.130. The molecule has 0 aliphatic rings. The summed E-state index contributed by atoms with van der Waals surface area (Å²) in [5.74, 6) is 0.229. The largest absolute Gasteiger partial charge is 0.329 e. The van der Waals surface area contributed by atoms with Gasteiger partial charge >= 0.3 is 0 Å². The first-order chi connectivity index (χ1) is 5.99. The number of nitrogens with zero attached hydrogens (tertiary/aromatic N) is 1. The second-order valence-corrected chi connectivity index (χ2v) is 5.52. The first-order valence-corrected chi connectivity index (χ1v) is 6.65. The minimum Gasteiger partial charge on any atom is -0.329 e. The van der Waals surface area contributed by atoms with Gasteiger partial charge in [0.15, 0.2) is 0 Å². The van der Waals surface area contributed by atoms with Crippen molar-refractivity contribution >= 4 is 9.84 Å². The molecular formula is C8H20N2O2S. The van der Waals surface area contributed by atoms with E-state index in [1.807, 2.05) is 0 Å². The molecule has 2 N–H and O–H groups in total. The summed E-state index contributed by atoms with van der Waals surface area (Å²) < 4.78 is 21.8. The van der Waals surface area contributed by atoms with Gasteiger partial charge in [0, 0.05) is 25.9 Å². The minimum atomic E-state index is -2.84.